The summed E-state index contributed by atoms with van der Waals surface area (Å²) < 4.78 is 0. The summed E-state index contributed by atoms with van der Waals surface area (Å²) >= 11 is 0. The Bertz CT molecular complexity index is 1590. The van der Waals surface area contributed by atoms with Crippen molar-refractivity contribution in [3.63, 3.8) is 0 Å². The van der Waals surface area contributed by atoms with E-state index in [0.717, 1.165) is 0 Å². The normalized spacial score (nSPS) is 11.6. The fraction of sp³-hybridized carbons (Fsp3) is 0. The van der Waals surface area contributed by atoms with Gasteiger partial charge in [-0.05, 0) is 62.9 Å². The predicted octanol–water partition coefficient (Wildman–Crippen LogP) is 8.19. The van der Waals surface area contributed by atoms with Crippen molar-refractivity contribution in [1.82, 2.24) is 0 Å². The molecule has 0 aliphatic carbocycles. The molecule has 0 heterocycles. The van der Waals surface area contributed by atoms with E-state index in [4.69, 9.17) is 0 Å². The molecule has 0 radical (unpaired) electrons. The first-order valence-corrected chi connectivity index (χ1v) is 14.0. The summed E-state index contributed by atoms with van der Waals surface area (Å²) in [6.45, 7) is 0. The standard InChI is InChI=1S/C36H27P/c1-5-15-28(16-6-1)27-34(29-17-7-2-8-18-29)33-25-13-19-30-20-14-26-35(36(30)33)37(31-21-9-3-10-22-31)32-23-11-4-12-24-32/h1-27H/b34-27+. The van der Waals surface area contributed by atoms with Crippen molar-refractivity contribution in [3.8, 4) is 0 Å². The molecule has 6 rings (SSSR count). The minimum atomic E-state index is -0.742. The van der Waals surface area contributed by atoms with Gasteiger partial charge in [-0.2, -0.15) is 0 Å². The van der Waals surface area contributed by atoms with E-state index in [1.807, 2.05) is 0 Å². The lowest BCUT2D eigenvalue weighted by Crippen LogP contribution is -2.21. The molecule has 6 aromatic carbocycles. The number of rotatable bonds is 6. The van der Waals surface area contributed by atoms with Crippen LogP contribution in [0.15, 0.2) is 158 Å². The molecule has 0 saturated carbocycles. The van der Waals surface area contributed by atoms with Crippen LogP contribution < -0.4 is 15.9 Å². The molecule has 176 valence electrons. The lowest BCUT2D eigenvalue weighted by atomic mass is 9.91. The van der Waals surface area contributed by atoms with Crippen molar-refractivity contribution < 1.29 is 0 Å². The van der Waals surface area contributed by atoms with Gasteiger partial charge in [-0.3, -0.25) is 0 Å². The highest BCUT2D eigenvalue weighted by molar-refractivity contribution is 7.80. The molecule has 0 atom stereocenters. The molecule has 37 heavy (non-hydrogen) atoms. The van der Waals surface area contributed by atoms with E-state index in [1.54, 1.807) is 0 Å². The summed E-state index contributed by atoms with van der Waals surface area (Å²) in [4.78, 5) is 0. The van der Waals surface area contributed by atoms with Crippen LogP contribution in [0.25, 0.3) is 22.4 Å². The van der Waals surface area contributed by atoms with Gasteiger partial charge in [0.15, 0.2) is 0 Å². The summed E-state index contributed by atoms with van der Waals surface area (Å²) in [7, 11) is -0.742. The van der Waals surface area contributed by atoms with Gasteiger partial charge < -0.3 is 0 Å². The fourth-order valence-corrected chi connectivity index (χ4v) is 7.47. The number of hydrogen-bond acceptors (Lipinski definition) is 0. The summed E-state index contributed by atoms with van der Waals surface area (Å²) in [6, 6.07) is 56.9. The highest BCUT2D eigenvalue weighted by Gasteiger charge is 2.21. The average molecular weight is 491 g/mol. The molecule has 0 unspecified atom stereocenters. The SMILES string of the molecule is C(=C(/c1ccccc1)c1cccc2cccc(P(c3ccccc3)c3ccccc3)c12)/c1ccccc1. The topological polar surface area (TPSA) is 0 Å². The summed E-state index contributed by atoms with van der Waals surface area (Å²) in [5.41, 5.74) is 4.92. The maximum absolute atomic E-state index is 2.34. The quantitative estimate of drug-likeness (QED) is 0.163. The molecular formula is C36H27P. The second kappa shape index (κ2) is 10.8. The van der Waals surface area contributed by atoms with Gasteiger partial charge in [0, 0.05) is 0 Å². The van der Waals surface area contributed by atoms with Crippen LogP contribution in [0.4, 0.5) is 0 Å². The van der Waals surface area contributed by atoms with E-state index in [0.29, 0.717) is 0 Å². The van der Waals surface area contributed by atoms with Gasteiger partial charge in [-0.25, -0.2) is 0 Å². The number of benzene rings is 6. The molecule has 0 nitrogen and oxygen atoms in total. The average Bonchev–Trinajstić information content (AvgIpc) is 2.98. The third kappa shape index (κ3) is 4.90. The minimum absolute atomic E-state index is 0.742. The van der Waals surface area contributed by atoms with Gasteiger partial charge in [-0.15, -0.1) is 0 Å². The second-order valence-corrected chi connectivity index (χ2v) is 11.2. The van der Waals surface area contributed by atoms with E-state index in [9.17, 15) is 0 Å². The Morgan fingerprint density at radius 2 is 0.973 bits per heavy atom. The van der Waals surface area contributed by atoms with Crippen molar-refractivity contribution in [3.05, 3.63) is 174 Å². The van der Waals surface area contributed by atoms with Gasteiger partial charge in [0.25, 0.3) is 0 Å². The third-order valence-electron chi connectivity index (χ3n) is 6.64. The summed E-state index contributed by atoms with van der Waals surface area (Å²) in [5.74, 6) is 0. The minimum Gasteiger partial charge on any atom is -0.0622 e. The Hall–Kier alpha value is -4.25. The first kappa shape index (κ1) is 23.2. The monoisotopic (exact) mass is 490 g/mol. The van der Waals surface area contributed by atoms with Crippen molar-refractivity contribution in [2.45, 2.75) is 0 Å². The molecule has 0 amide bonds. The van der Waals surface area contributed by atoms with Crippen LogP contribution in [0.1, 0.15) is 16.7 Å². The maximum Gasteiger partial charge on any atom is -0.00215 e. The lowest BCUT2D eigenvalue weighted by molar-refractivity contribution is 1.58. The molecule has 0 aromatic heterocycles. The molecule has 0 aliphatic heterocycles. The van der Waals surface area contributed by atoms with Crippen LogP contribution in [0.5, 0.6) is 0 Å². The van der Waals surface area contributed by atoms with Crippen LogP contribution in [-0.2, 0) is 0 Å². The van der Waals surface area contributed by atoms with Crippen molar-refractivity contribution in [2.24, 2.45) is 0 Å². The third-order valence-corrected chi connectivity index (χ3v) is 9.12. The molecule has 1 heteroatoms. The fourth-order valence-electron chi connectivity index (χ4n) is 4.96. The van der Waals surface area contributed by atoms with E-state index in [1.165, 1.54) is 48.9 Å². The second-order valence-electron chi connectivity index (χ2n) is 9.02. The van der Waals surface area contributed by atoms with E-state index in [-0.39, 0.29) is 0 Å². The Morgan fingerprint density at radius 3 is 1.57 bits per heavy atom. The zero-order chi connectivity index (χ0) is 24.9. The highest BCUT2D eigenvalue weighted by atomic mass is 31.1. The van der Waals surface area contributed by atoms with E-state index in [2.05, 4.69) is 164 Å². The van der Waals surface area contributed by atoms with Crippen molar-refractivity contribution >= 4 is 46.3 Å². The summed E-state index contributed by atoms with van der Waals surface area (Å²) in [6.07, 6.45) is 2.33. The zero-order valence-corrected chi connectivity index (χ0v) is 21.4. The largest absolute Gasteiger partial charge is 0.0622 e. The van der Waals surface area contributed by atoms with Crippen LogP contribution in [-0.4, -0.2) is 0 Å². The Morgan fingerprint density at radius 1 is 0.459 bits per heavy atom. The van der Waals surface area contributed by atoms with Gasteiger partial charge in [0.05, 0.1) is 0 Å². The predicted molar refractivity (Wildman–Crippen MR) is 163 cm³/mol. The Labute approximate surface area is 220 Å². The van der Waals surface area contributed by atoms with Crippen LogP contribution >= 0.6 is 7.92 Å². The molecule has 6 aromatic rings. The highest BCUT2D eigenvalue weighted by Crippen LogP contribution is 2.39. The van der Waals surface area contributed by atoms with Crippen molar-refractivity contribution in [1.29, 1.82) is 0 Å². The van der Waals surface area contributed by atoms with Gasteiger partial charge >= 0.3 is 0 Å². The maximum atomic E-state index is 2.34. The van der Waals surface area contributed by atoms with Gasteiger partial charge in [0.1, 0.15) is 0 Å². The lowest BCUT2D eigenvalue weighted by Gasteiger charge is -2.23. The molecule has 0 N–H and O–H groups in total. The van der Waals surface area contributed by atoms with Crippen LogP contribution in [0, 0.1) is 0 Å². The number of fused-ring (bicyclic) bond motifs is 1. The Kier molecular flexibility index (Phi) is 6.76. The van der Waals surface area contributed by atoms with Crippen molar-refractivity contribution in [2.75, 3.05) is 0 Å². The Balaban J connectivity index is 1.66. The van der Waals surface area contributed by atoms with Gasteiger partial charge in [0.2, 0.25) is 0 Å². The van der Waals surface area contributed by atoms with E-state index < -0.39 is 7.92 Å². The smallest absolute Gasteiger partial charge is 0.00215 e. The first-order valence-electron chi connectivity index (χ1n) is 12.6. The van der Waals surface area contributed by atoms with Crippen LogP contribution in [0.3, 0.4) is 0 Å². The van der Waals surface area contributed by atoms with E-state index >= 15 is 0 Å². The molecule has 0 spiro atoms. The van der Waals surface area contributed by atoms with Crippen LogP contribution in [0.2, 0.25) is 0 Å². The number of hydrogen-bond donors (Lipinski definition) is 0. The zero-order valence-electron chi connectivity index (χ0n) is 20.5. The molecule has 0 aliphatic rings. The molecule has 0 bridgehead atoms. The summed E-state index contributed by atoms with van der Waals surface area (Å²) in [5, 5.41) is 6.70. The first-order chi connectivity index (χ1) is 18.4. The van der Waals surface area contributed by atoms with Gasteiger partial charge in [-0.1, -0.05) is 158 Å². The molecule has 0 saturated heterocycles. The molecular weight excluding hydrogens is 463 g/mol. The molecule has 0 fully saturated rings.